The molecule has 0 aromatic heterocycles. The van der Waals surface area contributed by atoms with Gasteiger partial charge in [-0.25, -0.2) is 0 Å². The molecule has 0 fully saturated rings. The van der Waals surface area contributed by atoms with Gasteiger partial charge in [0.1, 0.15) is 7.11 Å². The smallest absolute Gasteiger partial charge is 0.106 e. The van der Waals surface area contributed by atoms with Crippen LogP contribution in [0.4, 0.5) is 0 Å². The van der Waals surface area contributed by atoms with Gasteiger partial charge in [0.05, 0.1) is 12.4 Å². The Morgan fingerprint density at radius 1 is 1.57 bits per heavy atom. The molecule has 0 radical (unpaired) electrons. The van der Waals surface area contributed by atoms with E-state index in [0.717, 1.165) is 6.21 Å². The number of hydrogen-bond acceptors (Lipinski definition) is 4. The van der Waals surface area contributed by atoms with Gasteiger partial charge < -0.3 is 10.0 Å². The molecule has 0 aromatic rings. The molecule has 0 saturated heterocycles. The highest BCUT2D eigenvalue weighted by atomic mass is 16.6. The third kappa shape index (κ3) is 4.94. The zero-order valence-electron chi connectivity index (χ0n) is 3.90. The first-order valence-electron chi connectivity index (χ1n) is 1.64. The van der Waals surface area contributed by atoms with Crippen LogP contribution < -0.4 is 0 Å². The molecule has 7 heavy (non-hydrogen) atoms. The van der Waals surface area contributed by atoms with Crippen molar-refractivity contribution in [1.29, 1.82) is 0 Å². The van der Waals surface area contributed by atoms with Crippen LogP contribution in [0.25, 0.3) is 0 Å². The second kappa shape index (κ2) is 4.94. The van der Waals surface area contributed by atoms with Crippen molar-refractivity contribution >= 4 is 12.4 Å². The van der Waals surface area contributed by atoms with E-state index >= 15 is 0 Å². The van der Waals surface area contributed by atoms with Crippen molar-refractivity contribution in [2.75, 3.05) is 7.11 Å². The summed E-state index contributed by atoms with van der Waals surface area (Å²) in [6, 6.07) is 0. The Hall–Kier alpha value is -1.06. The summed E-state index contributed by atoms with van der Waals surface area (Å²) in [5.41, 5.74) is 0. The van der Waals surface area contributed by atoms with E-state index in [0.29, 0.717) is 0 Å². The van der Waals surface area contributed by atoms with Crippen molar-refractivity contribution in [2.24, 2.45) is 10.3 Å². The SMILES string of the molecule is CO/N=C/C=N/O. The van der Waals surface area contributed by atoms with Crippen LogP contribution in [0.3, 0.4) is 0 Å². The molecule has 0 aromatic carbocycles. The lowest BCUT2D eigenvalue weighted by Crippen LogP contribution is -1.74. The molecule has 0 aliphatic carbocycles. The average Bonchev–Trinajstić information content (AvgIpc) is 1.69. The van der Waals surface area contributed by atoms with Crippen molar-refractivity contribution in [3.63, 3.8) is 0 Å². The Kier molecular flexibility index (Phi) is 4.19. The molecular weight excluding hydrogens is 96.0 g/mol. The van der Waals surface area contributed by atoms with Gasteiger partial charge in [0.15, 0.2) is 0 Å². The molecule has 0 spiro atoms. The Labute approximate surface area is 41.1 Å². The summed E-state index contributed by atoms with van der Waals surface area (Å²) < 4.78 is 0. The molecule has 0 aliphatic heterocycles. The Morgan fingerprint density at radius 2 is 2.29 bits per heavy atom. The standard InChI is InChI=1S/C3H6N2O2/c1-7-5-3-2-4-6/h2-3,6H,1H3/b4-2+,5-3+. The van der Waals surface area contributed by atoms with Crippen LogP contribution in [-0.4, -0.2) is 24.7 Å². The maximum atomic E-state index is 7.72. The lowest BCUT2D eigenvalue weighted by Gasteiger charge is -1.76. The third-order valence-electron chi connectivity index (χ3n) is 0.300. The molecule has 0 bridgehead atoms. The van der Waals surface area contributed by atoms with Crippen molar-refractivity contribution < 1.29 is 10.0 Å². The van der Waals surface area contributed by atoms with Gasteiger partial charge in [-0.3, -0.25) is 0 Å². The van der Waals surface area contributed by atoms with Crippen LogP contribution in [0.1, 0.15) is 0 Å². The van der Waals surface area contributed by atoms with E-state index in [1.165, 1.54) is 13.3 Å². The van der Waals surface area contributed by atoms with Gasteiger partial charge in [0, 0.05) is 0 Å². The van der Waals surface area contributed by atoms with E-state index in [-0.39, 0.29) is 0 Å². The molecule has 0 saturated carbocycles. The van der Waals surface area contributed by atoms with E-state index in [2.05, 4.69) is 15.1 Å². The van der Waals surface area contributed by atoms with Crippen LogP contribution >= 0.6 is 0 Å². The van der Waals surface area contributed by atoms with Crippen LogP contribution in [0.15, 0.2) is 10.3 Å². The lowest BCUT2D eigenvalue weighted by atomic mass is 10.8. The molecule has 0 amide bonds. The molecule has 0 unspecified atom stereocenters. The first-order chi connectivity index (χ1) is 3.41. The van der Waals surface area contributed by atoms with Crippen molar-refractivity contribution in [1.82, 2.24) is 0 Å². The highest BCUT2D eigenvalue weighted by Gasteiger charge is 1.58. The van der Waals surface area contributed by atoms with E-state index in [9.17, 15) is 0 Å². The number of oxime groups is 2. The fourth-order valence-corrected chi connectivity index (χ4v) is 0.118. The first kappa shape index (κ1) is 5.94. The fraction of sp³-hybridized carbons (Fsp3) is 0.333. The highest BCUT2D eigenvalue weighted by Crippen LogP contribution is 1.58. The van der Waals surface area contributed by atoms with Gasteiger partial charge in [0.2, 0.25) is 0 Å². The van der Waals surface area contributed by atoms with Crippen LogP contribution in [0, 0.1) is 0 Å². The maximum absolute atomic E-state index is 7.72. The van der Waals surface area contributed by atoms with Crippen molar-refractivity contribution in [3.8, 4) is 0 Å². The maximum Gasteiger partial charge on any atom is 0.106 e. The second-order valence-corrected chi connectivity index (χ2v) is 0.702. The first-order valence-corrected chi connectivity index (χ1v) is 1.64. The predicted octanol–water partition coefficient (Wildman–Crippen LogP) is 0.0786. The van der Waals surface area contributed by atoms with Gasteiger partial charge in [-0.05, 0) is 0 Å². The summed E-state index contributed by atoms with van der Waals surface area (Å²) >= 11 is 0. The minimum Gasteiger partial charge on any atom is -0.411 e. The average molecular weight is 102 g/mol. The van der Waals surface area contributed by atoms with Gasteiger partial charge in [-0.15, -0.1) is 0 Å². The third-order valence-corrected chi connectivity index (χ3v) is 0.300. The Bertz CT molecular complexity index is 79.0. The van der Waals surface area contributed by atoms with Gasteiger partial charge in [-0.1, -0.05) is 10.3 Å². The molecule has 0 atom stereocenters. The van der Waals surface area contributed by atoms with Gasteiger partial charge in [0.25, 0.3) is 0 Å². The zero-order valence-corrected chi connectivity index (χ0v) is 3.90. The van der Waals surface area contributed by atoms with Crippen LogP contribution in [0.5, 0.6) is 0 Å². The Balaban J connectivity index is 3.09. The van der Waals surface area contributed by atoms with E-state index in [1.54, 1.807) is 0 Å². The van der Waals surface area contributed by atoms with Gasteiger partial charge >= 0.3 is 0 Å². The van der Waals surface area contributed by atoms with Crippen molar-refractivity contribution in [2.45, 2.75) is 0 Å². The fourth-order valence-electron chi connectivity index (χ4n) is 0.118. The van der Waals surface area contributed by atoms with Crippen LogP contribution in [-0.2, 0) is 4.84 Å². The summed E-state index contributed by atoms with van der Waals surface area (Å²) in [6.07, 6.45) is 2.32. The molecule has 0 aliphatic rings. The number of rotatable bonds is 2. The molecule has 4 nitrogen and oxygen atoms in total. The molecule has 4 heteroatoms. The largest absolute Gasteiger partial charge is 0.411 e. The van der Waals surface area contributed by atoms with Crippen molar-refractivity contribution in [3.05, 3.63) is 0 Å². The summed E-state index contributed by atoms with van der Waals surface area (Å²) in [4.78, 5) is 4.21. The lowest BCUT2D eigenvalue weighted by molar-refractivity contribution is 0.216. The topological polar surface area (TPSA) is 54.2 Å². The highest BCUT2D eigenvalue weighted by molar-refractivity contribution is 6.15. The summed E-state index contributed by atoms with van der Waals surface area (Å²) in [7, 11) is 1.40. The minimum atomic E-state index is 1.10. The molecule has 0 rings (SSSR count). The summed E-state index contributed by atoms with van der Waals surface area (Å²) in [5.74, 6) is 0. The van der Waals surface area contributed by atoms with E-state index in [1.807, 2.05) is 0 Å². The second-order valence-electron chi connectivity index (χ2n) is 0.702. The normalized spacial score (nSPS) is 11.0. The monoisotopic (exact) mass is 102 g/mol. The Morgan fingerprint density at radius 3 is 2.71 bits per heavy atom. The summed E-state index contributed by atoms with van der Waals surface area (Å²) in [6.45, 7) is 0. The van der Waals surface area contributed by atoms with Gasteiger partial charge in [-0.2, -0.15) is 0 Å². The summed E-state index contributed by atoms with van der Waals surface area (Å²) in [5, 5.41) is 13.6. The quantitative estimate of drug-likeness (QED) is 0.305. The number of nitrogens with zero attached hydrogens (tertiary/aromatic N) is 2. The predicted molar refractivity (Wildman–Crippen MR) is 25.8 cm³/mol. The van der Waals surface area contributed by atoms with E-state index in [4.69, 9.17) is 5.21 Å². The zero-order chi connectivity index (χ0) is 5.54. The molecular formula is C3H6N2O2. The molecule has 1 N–H and O–H groups in total. The number of hydrogen-bond donors (Lipinski definition) is 1. The molecule has 0 heterocycles. The van der Waals surface area contributed by atoms with Crippen LogP contribution in [0.2, 0.25) is 0 Å². The van der Waals surface area contributed by atoms with E-state index < -0.39 is 0 Å². The minimum absolute atomic E-state index is 1.10. The molecule has 40 valence electrons.